The van der Waals surface area contributed by atoms with Crippen LogP contribution in [0.4, 0.5) is 0 Å². The van der Waals surface area contributed by atoms with Crippen molar-refractivity contribution in [3.8, 4) is 0 Å². The first-order valence-corrected chi connectivity index (χ1v) is 3.42. The van der Waals surface area contributed by atoms with Crippen molar-refractivity contribution in [2.75, 3.05) is 7.05 Å². The van der Waals surface area contributed by atoms with Crippen molar-refractivity contribution in [2.24, 2.45) is 0 Å². The fourth-order valence-electron chi connectivity index (χ4n) is 0.671. The summed E-state index contributed by atoms with van der Waals surface area (Å²) in [4.78, 5) is 6.77. The SMILES string of the molecule is CNCc1cnc(=S)[nH]c1. The van der Waals surface area contributed by atoms with Crippen molar-refractivity contribution >= 4 is 12.2 Å². The van der Waals surface area contributed by atoms with E-state index in [0.29, 0.717) is 4.77 Å². The van der Waals surface area contributed by atoms with Crippen molar-refractivity contribution in [1.82, 2.24) is 15.3 Å². The quantitative estimate of drug-likeness (QED) is 0.622. The molecule has 0 aliphatic heterocycles. The van der Waals surface area contributed by atoms with Gasteiger partial charge in [-0.1, -0.05) is 0 Å². The Bertz CT molecular complexity index is 235. The van der Waals surface area contributed by atoms with Gasteiger partial charge in [-0.05, 0) is 19.3 Å². The molecule has 1 aromatic rings. The maximum absolute atomic E-state index is 4.77. The van der Waals surface area contributed by atoms with Gasteiger partial charge in [-0.15, -0.1) is 0 Å². The predicted octanol–water partition coefficient (Wildman–Crippen LogP) is 0.859. The molecule has 3 nitrogen and oxygen atoms in total. The van der Waals surface area contributed by atoms with E-state index in [0.717, 1.165) is 12.1 Å². The molecule has 4 heteroatoms. The molecule has 0 spiro atoms. The molecule has 0 radical (unpaired) electrons. The topological polar surface area (TPSA) is 40.7 Å². The third kappa shape index (κ3) is 1.89. The molecule has 0 aliphatic rings. The number of H-pyrrole nitrogens is 1. The minimum Gasteiger partial charge on any atom is -0.337 e. The molecule has 0 amide bonds. The zero-order chi connectivity index (χ0) is 7.40. The maximum Gasteiger partial charge on any atom is 0.196 e. The minimum absolute atomic E-state index is 0.528. The first-order valence-electron chi connectivity index (χ1n) is 3.01. The van der Waals surface area contributed by atoms with E-state index in [-0.39, 0.29) is 0 Å². The summed E-state index contributed by atoms with van der Waals surface area (Å²) in [6.07, 6.45) is 3.61. The van der Waals surface area contributed by atoms with Gasteiger partial charge < -0.3 is 10.3 Å². The number of aromatic amines is 1. The summed E-state index contributed by atoms with van der Waals surface area (Å²) >= 11 is 4.77. The Morgan fingerprint density at radius 2 is 2.60 bits per heavy atom. The summed E-state index contributed by atoms with van der Waals surface area (Å²) in [7, 11) is 1.89. The van der Waals surface area contributed by atoms with Crippen LogP contribution in [0.3, 0.4) is 0 Å². The van der Waals surface area contributed by atoms with Crippen molar-refractivity contribution < 1.29 is 0 Å². The van der Waals surface area contributed by atoms with E-state index >= 15 is 0 Å². The Balaban J connectivity index is 2.79. The average Bonchev–Trinajstić information content (AvgIpc) is 1.95. The molecule has 2 N–H and O–H groups in total. The summed E-state index contributed by atoms with van der Waals surface area (Å²) in [5, 5.41) is 3.01. The van der Waals surface area contributed by atoms with Crippen LogP contribution < -0.4 is 5.32 Å². The van der Waals surface area contributed by atoms with Crippen molar-refractivity contribution in [3.63, 3.8) is 0 Å². The van der Waals surface area contributed by atoms with Gasteiger partial charge in [-0.3, -0.25) is 0 Å². The van der Waals surface area contributed by atoms with Crippen LogP contribution in [0.2, 0.25) is 0 Å². The number of aromatic nitrogens is 2. The lowest BCUT2D eigenvalue weighted by Crippen LogP contribution is -2.05. The third-order valence-electron chi connectivity index (χ3n) is 1.11. The number of hydrogen-bond acceptors (Lipinski definition) is 3. The van der Waals surface area contributed by atoms with Crippen molar-refractivity contribution in [2.45, 2.75) is 6.54 Å². The molecule has 0 fully saturated rings. The van der Waals surface area contributed by atoms with E-state index in [9.17, 15) is 0 Å². The van der Waals surface area contributed by atoms with E-state index in [4.69, 9.17) is 12.2 Å². The van der Waals surface area contributed by atoms with E-state index < -0.39 is 0 Å². The number of nitrogens with zero attached hydrogens (tertiary/aromatic N) is 1. The highest BCUT2D eigenvalue weighted by Gasteiger charge is 1.87. The molecule has 0 atom stereocenters. The van der Waals surface area contributed by atoms with Crippen LogP contribution in [0.1, 0.15) is 5.56 Å². The van der Waals surface area contributed by atoms with Crippen LogP contribution in [0.15, 0.2) is 12.4 Å². The van der Waals surface area contributed by atoms with Crippen LogP contribution >= 0.6 is 12.2 Å². The molecule has 1 aromatic heterocycles. The van der Waals surface area contributed by atoms with E-state index in [2.05, 4.69) is 15.3 Å². The second kappa shape index (κ2) is 3.43. The van der Waals surface area contributed by atoms with Gasteiger partial charge in [0.25, 0.3) is 0 Å². The molecular weight excluding hydrogens is 146 g/mol. The fraction of sp³-hybridized carbons (Fsp3) is 0.333. The molecule has 10 heavy (non-hydrogen) atoms. The highest BCUT2D eigenvalue weighted by molar-refractivity contribution is 7.71. The molecule has 1 rings (SSSR count). The zero-order valence-electron chi connectivity index (χ0n) is 5.72. The summed E-state index contributed by atoms with van der Waals surface area (Å²) in [6, 6.07) is 0. The normalized spacial score (nSPS) is 9.70. The minimum atomic E-state index is 0.528. The summed E-state index contributed by atoms with van der Waals surface area (Å²) in [6.45, 7) is 0.819. The molecule has 0 saturated carbocycles. The zero-order valence-corrected chi connectivity index (χ0v) is 6.53. The van der Waals surface area contributed by atoms with Crippen LogP contribution in [-0.4, -0.2) is 17.0 Å². The van der Waals surface area contributed by atoms with Gasteiger partial charge in [0.05, 0.1) is 0 Å². The lowest BCUT2D eigenvalue weighted by molar-refractivity contribution is 0.805. The third-order valence-corrected chi connectivity index (χ3v) is 1.33. The monoisotopic (exact) mass is 155 g/mol. The number of rotatable bonds is 2. The van der Waals surface area contributed by atoms with Crippen LogP contribution in [0, 0.1) is 4.77 Å². The van der Waals surface area contributed by atoms with Gasteiger partial charge in [0.1, 0.15) is 0 Å². The molecule has 54 valence electrons. The molecule has 0 bridgehead atoms. The van der Waals surface area contributed by atoms with Gasteiger partial charge in [0.2, 0.25) is 0 Å². The molecule has 0 unspecified atom stereocenters. The second-order valence-electron chi connectivity index (χ2n) is 1.96. The van der Waals surface area contributed by atoms with E-state index in [1.54, 1.807) is 6.20 Å². The van der Waals surface area contributed by atoms with Crippen LogP contribution in [-0.2, 0) is 6.54 Å². The van der Waals surface area contributed by atoms with Crippen molar-refractivity contribution in [3.05, 3.63) is 22.7 Å². The van der Waals surface area contributed by atoms with Crippen molar-refractivity contribution in [1.29, 1.82) is 0 Å². The lowest BCUT2D eigenvalue weighted by Gasteiger charge is -1.95. The van der Waals surface area contributed by atoms with Gasteiger partial charge in [0.15, 0.2) is 4.77 Å². The predicted molar refractivity (Wildman–Crippen MR) is 42.2 cm³/mol. The maximum atomic E-state index is 4.77. The van der Waals surface area contributed by atoms with Gasteiger partial charge in [0, 0.05) is 24.5 Å². The van der Waals surface area contributed by atoms with Crippen LogP contribution in [0.5, 0.6) is 0 Å². The number of hydrogen-bond donors (Lipinski definition) is 2. The highest BCUT2D eigenvalue weighted by Crippen LogP contribution is 1.91. The Morgan fingerprint density at radius 1 is 1.80 bits per heavy atom. The first-order chi connectivity index (χ1) is 4.83. The summed E-state index contributed by atoms with van der Waals surface area (Å²) < 4.78 is 0.528. The average molecular weight is 155 g/mol. The molecular formula is C6H9N3S. The van der Waals surface area contributed by atoms with E-state index in [1.165, 1.54) is 0 Å². The Kier molecular flexibility index (Phi) is 2.53. The van der Waals surface area contributed by atoms with Gasteiger partial charge in [-0.25, -0.2) is 4.98 Å². The summed E-state index contributed by atoms with van der Waals surface area (Å²) in [5.74, 6) is 0. The molecule has 0 saturated heterocycles. The molecule has 1 heterocycles. The number of nitrogens with one attached hydrogen (secondary N) is 2. The Labute approximate surface area is 64.5 Å². The highest BCUT2D eigenvalue weighted by atomic mass is 32.1. The Morgan fingerprint density at radius 3 is 3.10 bits per heavy atom. The molecule has 0 aromatic carbocycles. The smallest absolute Gasteiger partial charge is 0.196 e. The van der Waals surface area contributed by atoms with Gasteiger partial charge in [-0.2, -0.15) is 0 Å². The lowest BCUT2D eigenvalue weighted by atomic mass is 10.3. The summed E-state index contributed by atoms with van der Waals surface area (Å²) in [5.41, 5.74) is 1.11. The van der Waals surface area contributed by atoms with E-state index in [1.807, 2.05) is 13.2 Å². The van der Waals surface area contributed by atoms with Gasteiger partial charge >= 0.3 is 0 Å². The fourth-order valence-corrected chi connectivity index (χ4v) is 0.783. The standard InChI is InChI=1S/C6H9N3S/c1-7-2-5-3-8-6(10)9-4-5/h3-4,7H,2H2,1H3,(H,8,9,10). The Hall–Kier alpha value is -0.740. The van der Waals surface area contributed by atoms with Crippen LogP contribution in [0.25, 0.3) is 0 Å². The molecule has 0 aliphatic carbocycles. The first kappa shape index (κ1) is 7.37. The largest absolute Gasteiger partial charge is 0.337 e. The second-order valence-corrected chi connectivity index (χ2v) is 2.34.